The number of benzene rings is 1. The normalized spacial score (nSPS) is 10.4. The molecule has 7 heteroatoms. The van der Waals surface area contributed by atoms with Gasteiger partial charge in [0.15, 0.2) is 11.5 Å². The summed E-state index contributed by atoms with van der Waals surface area (Å²) < 4.78 is 15.4. The highest BCUT2D eigenvalue weighted by molar-refractivity contribution is 6.32. The molecule has 2 rings (SSSR count). The minimum atomic E-state index is -0.0504. The van der Waals surface area contributed by atoms with Gasteiger partial charge in [0.1, 0.15) is 5.78 Å². The summed E-state index contributed by atoms with van der Waals surface area (Å²) in [5.74, 6) is 1.45. The predicted octanol–water partition coefficient (Wildman–Crippen LogP) is 2.54. The third-order valence-corrected chi connectivity index (χ3v) is 2.84. The minimum Gasteiger partial charge on any atom is -0.493 e. The number of Topliss-reactive ketones (excluding diaryl/α,β-unsaturated/α-hetero) is 1. The second-order valence-electron chi connectivity index (χ2n) is 4.08. The third kappa shape index (κ3) is 2.91. The van der Waals surface area contributed by atoms with Crippen LogP contribution in [0.25, 0.3) is 11.4 Å². The number of carbonyl (C=O) groups is 1. The maximum atomic E-state index is 11.0. The van der Waals surface area contributed by atoms with Crippen molar-refractivity contribution in [1.82, 2.24) is 10.1 Å². The van der Waals surface area contributed by atoms with Crippen LogP contribution in [0, 0.1) is 0 Å². The van der Waals surface area contributed by atoms with E-state index in [1.165, 1.54) is 21.1 Å². The first-order valence-corrected chi connectivity index (χ1v) is 6.17. The Balaban J connectivity index is 2.40. The molecular weight excluding hydrogens is 284 g/mol. The molecule has 0 radical (unpaired) electrons. The van der Waals surface area contributed by atoms with Crippen molar-refractivity contribution in [2.24, 2.45) is 0 Å². The summed E-state index contributed by atoms with van der Waals surface area (Å²) in [5.41, 5.74) is 0.617. The molecule has 0 N–H and O–H groups in total. The smallest absolute Gasteiger partial charge is 0.234 e. The number of aromatic nitrogens is 2. The van der Waals surface area contributed by atoms with Gasteiger partial charge < -0.3 is 14.0 Å². The Bertz CT molecular complexity index is 639. The van der Waals surface area contributed by atoms with Gasteiger partial charge in [-0.2, -0.15) is 4.98 Å². The quantitative estimate of drug-likeness (QED) is 0.844. The van der Waals surface area contributed by atoms with Crippen molar-refractivity contribution in [2.45, 2.75) is 13.3 Å². The van der Waals surface area contributed by atoms with E-state index >= 15 is 0 Å². The van der Waals surface area contributed by atoms with Gasteiger partial charge in [0.05, 0.1) is 25.7 Å². The minimum absolute atomic E-state index is 0.0504. The second kappa shape index (κ2) is 5.92. The highest BCUT2D eigenvalue weighted by Crippen LogP contribution is 2.38. The van der Waals surface area contributed by atoms with Gasteiger partial charge in [-0.1, -0.05) is 16.8 Å². The molecule has 0 aliphatic carbocycles. The third-order valence-electron chi connectivity index (χ3n) is 2.56. The molecule has 20 heavy (non-hydrogen) atoms. The summed E-state index contributed by atoms with van der Waals surface area (Å²) >= 11 is 6.11. The standard InChI is InChI=1S/C13H13ClN2O4/c1-7(17)4-11-15-13(16-20-11)8-5-9(14)12(19-3)10(6-8)18-2/h5-6H,4H2,1-3H3. The molecule has 0 aliphatic rings. The number of ether oxygens (including phenoxy) is 2. The van der Waals surface area contributed by atoms with Gasteiger partial charge in [-0.05, 0) is 19.1 Å². The van der Waals surface area contributed by atoms with Gasteiger partial charge >= 0.3 is 0 Å². The molecule has 2 aromatic rings. The summed E-state index contributed by atoms with van der Waals surface area (Å²) in [6.45, 7) is 1.46. The van der Waals surface area contributed by atoms with Crippen LogP contribution in [0.5, 0.6) is 11.5 Å². The van der Waals surface area contributed by atoms with Crippen LogP contribution in [0.1, 0.15) is 12.8 Å². The van der Waals surface area contributed by atoms with Crippen LogP contribution >= 0.6 is 11.6 Å². The van der Waals surface area contributed by atoms with E-state index in [4.69, 9.17) is 25.6 Å². The lowest BCUT2D eigenvalue weighted by Crippen LogP contribution is -1.96. The molecule has 0 aliphatic heterocycles. The Morgan fingerprint density at radius 3 is 2.70 bits per heavy atom. The summed E-state index contributed by atoms with van der Waals surface area (Å²) in [5, 5.41) is 4.19. The number of hydrogen-bond acceptors (Lipinski definition) is 6. The first kappa shape index (κ1) is 14.3. The lowest BCUT2D eigenvalue weighted by molar-refractivity contribution is -0.116. The van der Waals surface area contributed by atoms with Crippen molar-refractivity contribution in [3.63, 3.8) is 0 Å². The van der Waals surface area contributed by atoms with Crippen LogP contribution in [-0.4, -0.2) is 30.1 Å². The Morgan fingerprint density at radius 1 is 1.35 bits per heavy atom. The molecule has 0 unspecified atom stereocenters. The fourth-order valence-corrected chi connectivity index (χ4v) is 1.99. The van der Waals surface area contributed by atoms with Crippen LogP contribution in [0.3, 0.4) is 0 Å². The van der Waals surface area contributed by atoms with Gasteiger partial charge in [-0.25, -0.2) is 0 Å². The molecule has 0 saturated carbocycles. The Morgan fingerprint density at radius 2 is 2.10 bits per heavy atom. The Hall–Kier alpha value is -2.08. The summed E-state index contributed by atoms with van der Waals surface area (Å²) in [6.07, 6.45) is 0.105. The second-order valence-corrected chi connectivity index (χ2v) is 4.49. The van der Waals surface area contributed by atoms with E-state index in [1.807, 2.05) is 0 Å². The van der Waals surface area contributed by atoms with Crippen LogP contribution in [0.15, 0.2) is 16.7 Å². The highest BCUT2D eigenvalue weighted by Gasteiger charge is 2.16. The number of rotatable bonds is 5. The van der Waals surface area contributed by atoms with E-state index in [2.05, 4.69) is 10.1 Å². The molecule has 0 fully saturated rings. The number of hydrogen-bond donors (Lipinski definition) is 0. The van der Waals surface area contributed by atoms with E-state index < -0.39 is 0 Å². The highest BCUT2D eigenvalue weighted by atomic mass is 35.5. The SMILES string of the molecule is COc1cc(-c2noc(CC(C)=O)n2)cc(Cl)c1OC. The number of carbonyl (C=O) groups excluding carboxylic acids is 1. The van der Waals surface area contributed by atoms with Crippen molar-refractivity contribution in [1.29, 1.82) is 0 Å². The largest absolute Gasteiger partial charge is 0.493 e. The molecular formula is C13H13ClN2O4. The number of methoxy groups -OCH3 is 2. The maximum absolute atomic E-state index is 11.0. The average Bonchev–Trinajstić information content (AvgIpc) is 2.85. The fraction of sp³-hybridized carbons (Fsp3) is 0.308. The monoisotopic (exact) mass is 296 g/mol. The van der Waals surface area contributed by atoms with Crippen molar-refractivity contribution < 1.29 is 18.8 Å². The van der Waals surface area contributed by atoms with Crippen molar-refractivity contribution in [2.75, 3.05) is 14.2 Å². The van der Waals surface area contributed by atoms with E-state index in [0.29, 0.717) is 27.9 Å². The molecule has 0 saturated heterocycles. The summed E-state index contributed by atoms with van der Waals surface area (Å²) in [6, 6.07) is 3.33. The number of nitrogens with zero attached hydrogens (tertiary/aromatic N) is 2. The van der Waals surface area contributed by atoms with Crippen LogP contribution in [0.4, 0.5) is 0 Å². The molecule has 0 amide bonds. The number of halogens is 1. The molecule has 106 valence electrons. The molecule has 0 atom stereocenters. The van der Waals surface area contributed by atoms with E-state index in [-0.39, 0.29) is 18.1 Å². The van der Waals surface area contributed by atoms with Gasteiger partial charge in [-0.3, -0.25) is 4.79 Å². The van der Waals surface area contributed by atoms with E-state index in [1.54, 1.807) is 12.1 Å². The van der Waals surface area contributed by atoms with Crippen molar-refractivity contribution >= 4 is 17.4 Å². The summed E-state index contributed by atoms with van der Waals surface area (Å²) in [4.78, 5) is 15.2. The van der Waals surface area contributed by atoms with Crippen molar-refractivity contribution in [3.05, 3.63) is 23.0 Å². The number of ketones is 1. The zero-order valence-corrected chi connectivity index (χ0v) is 12.0. The zero-order chi connectivity index (χ0) is 14.7. The molecule has 0 bridgehead atoms. The Labute approximate surface area is 120 Å². The molecule has 1 heterocycles. The molecule has 1 aromatic heterocycles. The molecule has 1 aromatic carbocycles. The Kier molecular flexibility index (Phi) is 4.24. The fourth-order valence-electron chi connectivity index (χ4n) is 1.70. The average molecular weight is 297 g/mol. The topological polar surface area (TPSA) is 74.5 Å². The van der Waals surface area contributed by atoms with Gasteiger partial charge in [0.25, 0.3) is 0 Å². The van der Waals surface area contributed by atoms with Crippen LogP contribution in [0.2, 0.25) is 5.02 Å². The van der Waals surface area contributed by atoms with E-state index in [0.717, 1.165) is 0 Å². The maximum Gasteiger partial charge on any atom is 0.234 e. The lowest BCUT2D eigenvalue weighted by atomic mass is 10.2. The summed E-state index contributed by atoms with van der Waals surface area (Å²) in [7, 11) is 3.01. The van der Waals surface area contributed by atoms with Crippen molar-refractivity contribution in [3.8, 4) is 22.9 Å². The lowest BCUT2D eigenvalue weighted by Gasteiger charge is -2.10. The first-order valence-electron chi connectivity index (χ1n) is 5.79. The van der Waals surface area contributed by atoms with Gasteiger partial charge in [-0.15, -0.1) is 0 Å². The van der Waals surface area contributed by atoms with Crippen LogP contribution in [-0.2, 0) is 11.2 Å². The van der Waals surface area contributed by atoms with Crippen LogP contribution < -0.4 is 9.47 Å². The van der Waals surface area contributed by atoms with Gasteiger partial charge in [0.2, 0.25) is 11.7 Å². The molecule has 6 nitrogen and oxygen atoms in total. The first-order chi connectivity index (χ1) is 9.55. The predicted molar refractivity (Wildman–Crippen MR) is 72.2 cm³/mol. The van der Waals surface area contributed by atoms with E-state index in [9.17, 15) is 4.79 Å². The zero-order valence-electron chi connectivity index (χ0n) is 11.3. The molecule has 0 spiro atoms. The van der Waals surface area contributed by atoms with Gasteiger partial charge in [0, 0.05) is 5.56 Å².